The topological polar surface area (TPSA) is 106 Å². The number of hydrogen-bond acceptors (Lipinski definition) is 6. The number of rotatable bonds is 4. The van der Waals surface area contributed by atoms with E-state index in [0.29, 0.717) is 17.1 Å². The minimum absolute atomic E-state index is 0.0486. The lowest BCUT2D eigenvalue weighted by atomic mass is 9.85. The number of aryl methyl sites for hydroxylation is 1. The number of hydrogen-bond donors (Lipinski definition) is 0. The van der Waals surface area contributed by atoms with Gasteiger partial charge in [-0.2, -0.15) is 10.1 Å². The van der Waals surface area contributed by atoms with E-state index in [9.17, 15) is 19.7 Å². The number of nitrogens with zero attached hydrogens (tertiary/aromatic N) is 3. The number of amides is 2. The molecule has 2 saturated carbocycles. The van der Waals surface area contributed by atoms with Gasteiger partial charge in [0.1, 0.15) is 11.5 Å². The summed E-state index contributed by atoms with van der Waals surface area (Å²) in [5.74, 6) is -0.156. The molecule has 3 fully saturated rings. The highest BCUT2D eigenvalue weighted by molar-refractivity contribution is 6.07. The van der Waals surface area contributed by atoms with Crippen LogP contribution in [0, 0.1) is 46.1 Å². The maximum absolute atomic E-state index is 13.0. The molecule has 2 bridgehead atoms. The summed E-state index contributed by atoms with van der Waals surface area (Å²) >= 11 is 0. The second-order valence-electron chi connectivity index (χ2n) is 8.93. The van der Waals surface area contributed by atoms with Gasteiger partial charge < -0.3 is 4.42 Å². The number of nitro benzene ring substituents is 1. The normalized spacial score (nSPS) is 29.5. The predicted octanol–water partition coefficient (Wildman–Crippen LogP) is 3.69. The summed E-state index contributed by atoms with van der Waals surface area (Å²) in [6.07, 6.45) is 7.73. The lowest BCUT2D eigenvalue weighted by Crippen LogP contribution is -2.30. The second kappa shape index (κ2) is 6.00. The van der Waals surface area contributed by atoms with Crippen molar-refractivity contribution in [2.24, 2.45) is 34.2 Å². The molecule has 2 aromatic rings. The predicted molar refractivity (Wildman–Crippen MR) is 110 cm³/mol. The minimum atomic E-state index is -0.450. The molecule has 6 rings (SSSR count). The molecule has 8 nitrogen and oxygen atoms in total. The van der Waals surface area contributed by atoms with Gasteiger partial charge in [0.2, 0.25) is 0 Å². The highest BCUT2D eigenvalue weighted by Gasteiger charge is 2.73. The van der Waals surface area contributed by atoms with Crippen LogP contribution in [-0.2, 0) is 9.59 Å². The Kier molecular flexibility index (Phi) is 3.53. The van der Waals surface area contributed by atoms with E-state index < -0.39 is 4.92 Å². The molecule has 1 saturated heterocycles. The van der Waals surface area contributed by atoms with Crippen molar-refractivity contribution >= 4 is 23.7 Å². The van der Waals surface area contributed by atoms with Gasteiger partial charge in [-0.05, 0) is 60.8 Å². The number of carbonyl (C=O) groups excluding carboxylic acids is 2. The Balaban J connectivity index is 1.25. The number of furan rings is 1. The lowest BCUT2D eigenvalue weighted by Gasteiger charge is -2.18. The van der Waals surface area contributed by atoms with Crippen molar-refractivity contribution < 1.29 is 18.9 Å². The molecule has 0 radical (unpaired) electrons. The van der Waals surface area contributed by atoms with Crippen molar-refractivity contribution in [1.82, 2.24) is 5.01 Å². The number of allylic oxidation sites excluding steroid dienone is 2. The van der Waals surface area contributed by atoms with Crippen LogP contribution in [-0.4, -0.2) is 28.0 Å². The Hall–Kier alpha value is -3.55. The Morgan fingerprint density at radius 2 is 1.81 bits per heavy atom. The molecule has 2 heterocycles. The number of carbonyl (C=O) groups is 2. The number of imide groups is 1. The number of benzene rings is 1. The van der Waals surface area contributed by atoms with Crippen molar-refractivity contribution in [2.75, 3.05) is 0 Å². The van der Waals surface area contributed by atoms with Gasteiger partial charge in [0.05, 0.1) is 28.5 Å². The van der Waals surface area contributed by atoms with Gasteiger partial charge in [0.25, 0.3) is 17.5 Å². The van der Waals surface area contributed by atoms with Gasteiger partial charge in [-0.25, -0.2) is 0 Å². The van der Waals surface area contributed by atoms with E-state index in [1.54, 1.807) is 31.2 Å². The van der Waals surface area contributed by atoms with Gasteiger partial charge in [-0.3, -0.25) is 19.7 Å². The Bertz CT molecular complexity index is 1190. The van der Waals surface area contributed by atoms with Gasteiger partial charge in [-0.15, -0.1) is 0 Å². The van der Waals surface area contributed by atoms with Crippen LogP contribution in [0.1, 0.15) is 24.2 Å². The molecule has 0 unspecified atom stereocenters. The van der Waals surface area contributed by atoms with Crippen LogP contribution in [0.2, 0.25) is 0 Å². The molecule has 1 aromatic carbocycles. The molecule has 156 valence electrons. The Labute approximate surface area is 177 Å². The van der Waals surface area contributed by atoms with E-state index in [2.05, 4.69) is 17.3 Å². The fraction of sp³-hybridized carbons (Fsp3) is 0.348. The van der Waals surface area contributed by atoms with E-state index in [-0.39, 0.29) is 46.6 Å². The first-order valence-electron chi connectivity index (χ1n) is 10.4. The summed E-state index contributed by atoms with van der Waals surface area (Å²) in [5, 5.41) is 16.5. The van der Waals surface area contributed by atoms with Crippen molar-refractivity contribution in [1.29, 1.82) is 0 Å². The maximum atomic E-state index is 13.0. The first-order chi connectivity index (χ1) is 14.9. The van der Waals surface area contributed by atoms with Crippen LogP contribution in [0.25, 0.3) is 11.3 Å². The second-order valence-corrected chi connectivity index (χ2v) is 8.93. The van der Waals surface area contributed by atoms with Gasteiger partial charge >= 0.3 is 0 Å². The number of nitro groups is 1. The third-order valence-corrected chi connectivity index (χ3v) is 7.37. The van der Waals surface area contributed by atoms with E-state index in [4.69, 9.17) is 4.42 Å². The Morgan fingerprint density at radius 1 is 1.13 bits per heavy atom. The monoisotopic (exact) mass is 417 g/mol. The van der Waals surface area contributed by atoms with Gasteiger partial charge in [-0.1, -0.05) is 18.2 Å². The van der Waals surface area contributed by atoms with Crippen LogP contribution in [0.3, 0.4) is 0 Å². The van der Waals surface area contributed by atoms with E-state index in [0.717, 1.165) is 23.4 Å². The van der Waals surface area contributed by atoms with Crippen molar-refractivity contribution in [3.63, 3.8) is 0 Å². The van der Waals surface area contributed by atoms with Crippen LogP contribution in [0.4, 0.5) is 5.69 Å². The Morgan fingerprint density at radius 3 is 2.42 bits per heavy atom. The van der Waals surface area contributed by atoms with Crippen LogP contribution in [0.5, 0.6) is 0 Å². The summed E-state index contributed by atoms with van der Waals surface area (Å²) < 4.78 is 5.71. The summed E-state index contributed by atoms with van der Waals surface area (Å²) in [5.41, 5.74) is 1.23. The molecule has 4 aliphatic rings. The molecule has 3 aliphatic carbocycles. The smallest absolute Gasteiger partial charge is 0.280 e. The summed E-state index contributed by atoms with van der Waals surface area (Å²) in [6.45, 7) is 1.78. The van der Waals surface area contributed by atoms with Crippen molar-refractivity contribution in [3.05, 3.63) is 63.9 Å². The highest BCUT2D eigenvalue weighted by Crippen LogP contribution is 2.73. The molecular formula is C23H19N3O5. The number of fused-ring (bicyclic) bond motifs is 3. The van der Waals surface area contributed by atoms with Gasteiger partial charge in [0.15, 0.2) is 0 Å². The molecule has 31 heavy (non-hydrogen) atoms. The molecule has 1 aromatic heterocycles. The lowest BCUT2D eigenvalue weighted by molar-refractivity contribution is -0.384. The third kappa shape index (κ3) is 2.38. The quantitative estimate of drug-likeness (QED) is 0.248. The summed E-state index contributed by atoms with van der Waals surface area (Å²) in [7, 11) is 0. The van der Waals surface area contributed by atoms with E-state index in [1.807, 2.05) is 0 Å². The zero-order valence-electron chi connectivity index (χ0n) is 16.7. The first kappa shape index (κ1) is 18.2. The van der Waals surface area contributed by atoms with Crippen molar-refractivity contribution in [3.8, 4) is 11.3 Å². The fourth-order valence-corrected chi connectivity index (χ4v) is 5.86. The van der Waals surface area contributed by atoms with Gasteiger partial charge in [0, 0.05) is 6.07 Å². The van der Waals surface area contributed by atoms with E-state index in [1.165, 1.54) is 12.3 Å². The molecule has 2 amide bonds. The molecule has 0 N–H and O–H groups in total. The zero-order valence-corrected chi connectivity index (χ0v) is 16.7. The fourth-order valence-electron chi connectivity index (χ4n) is 5.86. The average molecular weight is 417 g/mol. The summed E-state index contributed by atoms with van der Waals surface area (Å²) in [6, 6.07) is 8.12. The van der Waals surface area contributed by atoms with E-state index >= 15 is 0 Å². The highest BCUT2D eigenvalue weighted by atomic mass is 16.6. The molecule has 8 heteroatoms. The molecule has 1 aliphatic heterocycles. The van der Waals surface area contributed by atoms with Crippen LogP contribution < -0.4 is 0 Å². The molecule has 4 atom stereocenters. The number of hydrazone groups is 1. The largest absolute Gasteiger partial charge is 0.455 e. The average Bonchev–Trinajstić information content (AvgIpc) is 3.03. The standard InChI is InChI=1S/C23H19N3O5/c1-12-2-4-14(17(10-12)26(29)30)18-7-3-13(31-18)11-24-25-21(27)19-15-5-6-16(20(19)22(25)28)23(15)8-9-23/h2-7,10-11,15-16,19-20H,8-9H2,1H3/b24-11-/t15-,16-,19-,20-/m1/s1. The molecule has 1 spiro atoms. The maximum Gasteiger partial charge on any atom is 0.280 e. The minimum Gasteiger partial charge on any atom is -0.455 e. The zero-order chi connectivity index (χ0) is 21.5. The molecular weight excluding hydrogens is 398 g/mol. The van der Waals surface area contributed by atoms with Crippen LogP contribution in [0.15, 0.2) is 52.0 Å². The van der Waals surface area contributed by atoms with Crippen LogP contribution >= 0.6 is 0 Å². The summed E-state index contributed by atoms with van der Waals surface area (Å²) in [4.78, 5) is 36.8. The SMILES string of the molecule is Cc1ccc(-c2ccc(/C=N\N3C(=O)[C@H]4[C@H](C3=O)[C@H]3C=C[C@H]4C34CC4)o2)c([N+](=O)[O-])c1. The first-order valence-corrected chi connectivity index (χ1v) is 10.4. The van der Waals surface area contributed by atoms with Crippen molar-refractivity contribution in [2.45, 2.75) is 19.8 Å². The third-order valence-electron chi connectivity index (χ3n) is 7.37.